The fraction of sp³-hybridized carbons (Fsp3) is 0.667. The van der Waals surface area contributed by atoms with Crippen molar-refractivity contribution in [1.82, 2.24) is 9.78 Å². The van der Waals surface area contributed by atoms with Gasteiger partial charge in [-0.3, -0.25) is 9.48 Å². The van der Waals surface area contributed by atoms with Crippen LogP contribution in [0, 0.1) is 0 Å². The van der Waals surface area contributed by atoms with Gasteiger partial charge in [-0.05, 0) is 26.7 Å². The van der Waals surface area contributed by atoms with Crippen LogP contribution >= 0.6 is 0 Å². The molecule has 6 heteroatoms. The highest BCUT2D eigenvalue weighted by Crippen LogP contribution is 2.20. The van der Waals surface area contributed by atoms with Crippen LogP contribution in [0.5, 0.6) is 0 Å². The summed E-state index contributed by atoms with van der Waals surface area (Å²) in [4.78, 5) is 11.9. The molecule has 1 aliphatic rings. The van der Waals surface area contributed by atoms with Gasteiger partial charge in [0.05, 0.1) is 6.10 Å². The summed E-state index contributed by atoms with van der Waals surface area (Å²) in [5.74, 6) is 0.424. The molecule has 0 saturated carbocycles. The van der Waals surface area contributed by atoms with E-state index < -0.39 is 6.10 Å². The third-order valence-corrected chi connectivity index (χ3v) is 3.05. The quantitative estimate of drug-likeness (QED) is 0.834. The van der Waals surface area contributed by atoms with Crippen LogP contribution in [0.25, 0.3) is 0 Å². The van der Waals surface area contributed by atoms with Crippen LogP contribution in [-0.4, -0.2) is 34.4 Å². The summed E-state index contributed by atoms with van der Waals surface area (Å²) in [6, 6.07) is 2.06. The predicted octanol–water partition coefficient (Wildman–Crippen LogP) is 0.909. The Hall–Kier alpha value is -1.40. The highest BCUT2D eigenvalue weighted by Gasteiger charge is 2.30. The van der Waals surface area contributed by atoms with Crippen LogP contribution < -0.4 is 11.1 Å². The average molecular weight is 252 g/mol. The van der Waals surface area contributed by atoms with Gasteiger partial charge in [0, 0.05) is 24.8 Å². The topological polar surface area (TPSA) is 82.2 Å². The summed E-state index contributed by atoms with van der Waals surface area (Å²) < 4.78 is 7.33. The minimum Gasteiger partial charge on any atom is -0.364 e. The second-order valence-electron chi connectivity index (χ2n) is 4.82. The first-order valence-corrected chi connectivity index (χ1v) is 6.31. The lowest BCUT2D eigenvalue weighted by Gasteiger charge is -2.11. The molecule has 1 fully saturated rings. The maximum Gasteiger partial charge on any atom is 0.254 e. The minimum atomic E-state index is -0.400. The van der Waals surface area contributed by atoms with E-state index in [4.69, 9.17) is 10.5 Å². The molecule has 3 N–H and O–H groups in total. The molecule has 1 aliphatic heterocycles. The van der Waals surface area contributed by atoms with E-state index in [-0.39, 0.29) is 18.1 Å². The van der Waals surface area contributed by atoms with Gasteiger partial charge in [0.2, 0.25) is 0 Å². The third-order valence-electron chi connectivity index (χ3n) is 3.05. The number of carbonyl (C=O) groups excluding carboxylic acids is 1. The second-order valence-corrected chi connectivity index (χ2v) is 4.82. The number of hydrogen-bond acceptors (Lipinski definition) is 4. The SMILES string of the molecule is CC(C)n1ccc(NC(=O)C2CCC(CN)O2)n1. The van der Waals surface area contributed by atoms with Gasteiger partial charge in [-0.25, -0.2) is 0 Å². The van der Waals surface area contributed by atoms with Crippen molar-refractivity contribution in [3.05, 3.63) is 12.3 Å². The van der Waals surface area contributed by atoms with Gasteiger partial charge in [0.1, 0.15) is 6.10 Å². The van der Waals surface area contributed by atoms with E-state index in [1.807, 2.05) is 20.0 Å². The van der Waals surface area contributed by atoms with Crippen molar-refractivity contribution in [2.45, 2.75) is 44.9 Å². The standard InChI is InChI=1S/C12H20N4O2/c1-8(2)16-6-5-11(15-16)14-12(17)10-4-3-9(7-13)18-10/h5-6,8-10H,3-4,7,13H2,1-2H3,(H,14,15,17). The maximum absolute atomic E-state index is 11.9. The lowest BCUT2D eigenvalue weighted by atomic mass is 10.2. The smallest absolute Gasteiger partial charge is 0.254 e. The number of hydrogen-bond donors (Lipinski definition) is 2. The van der Waals surface area contributed by atoms with E-state index in [1.165, 1.54) is 0 Å². The summed E-state index contributed by atoms with van der Waals surface area (Å²) in [5.41, 5.74) is 5.51. The first kappa shape index (κ1) is 13.0. The Labute approximate surface area is 106 Å². The fourth-order valence-corrected chi connectivity index (χ4v) is 1.97. The lowest BCUT2D eigenvalue weighted by Crippen LogP contribution is -2.30. The first-order valence-electron chi connectivity index (χ1n) is 6.31. The summed E-state index contributed by atoms with van der Waals surface area (Å²) in [6.07, 6.45) is 3.02. The Morgan fingerprint density at radius 1 is 1.67 bits per heavy atom. The molecule has 100 valence electrons. The number of anilines is 1. The molecule has 2 rings (SSSR count). The predicted molar refractivity (Wildman–Crippen MR) is 68.2 cm³/mol. The van der Waals surface area contributed by atoms with E-state index in [1.54, 1.807) is 10.7 Å². The van der Waals surface area contributed by atoms with Gasteiger partial charge >= 0.3 is 0 Å². The molecule has 2 heterocycles. The number of nitrogens with zero attached hydrogens (tertiary/aromatic N) is 2. The van der Waals surface area contributed by atoms with Crippen molar-refractivity contribution in [3.8, 4) is 0 Å². The Kier molecular flexibility index (Phi) is 3.98. The number of rotatable bonds is 4. The number of aromatic nitrogens is 2. The van der Waals surface area contributed by atoms with E-state index >= 15 is 0 Å². The summed E-state index contributed by atoms with van der Waals surface area (Å²) in [7, 11) is 0. The van der Waals surface area contributed by atoms with E-state index in [0.717, 1.165) is 12.8 Å². The van der Waals surface area contributed by atoms with Gasteiger partial charge in [-0.1, -0.05) is 0 Å². The van der Waals surface area contributed by atoms with Crippen molar-refractivity contribution in [2.75, 3.05) is 11.9 Å². The monoisotopic (exact) mass is 252 g/mol. The van der Waals surface area contributed by atoms with Crippen molar-refractivity contribution >= 4 is 11.7 Å². The Morgan fingerprint density at radius 2 is 2.44 bits per heavy atom. The zero-order chi connectivity index (χ0) is 13.1. The Balaban J connectivity index is 1.91. The van der Waals surface area contributed by atoms with Gasteiger partial charge in [0.15, 0.2) is 5.82 Å². The lowest BCUT2D eigenvalue weighted by molar-refractivity contribution is -0.126. The molecule has 1 saturated heterocycles. The molecule has 0 aromatic carbocycles. The molecule has 1 aromatic rings. The van der Waals surface area contributed by atoms with Crippen LogP contribution in [-0.2, 0) is 9.53 Å². The first-order chi connectivity index (χ1) is 8.60. The molecule has 2 unspecified atom stereocenters. The summed E-state index contributed by atoms with van der Waals surface area (Å²) in [5, 5.41) is 7.03. The zero-order valence-electron chi connectivity index (χ0n) is 10.8. The number of ether oxygens (including phenoxy) is 1. The van der Waals surface area contributed by atoms with E-state index in [9.17, 15) is 4.79 Å². The maximum atomic E-state index is 11.9. The summed E-state index contributed by atoms with van der Waals surface area (Å²) >= 11 is 0. The number of amides is 1. The molecule has 1 amide bonds. The fourth-order valence-electron chi connectivity index (χ4n) is 1.97. The normalized spacial score (nSPS) is 23.6. The molecule has 0 spiro atoms. The zero-order valence-corrected chi connectivity index (χ0v) is 10.8. The van der Waals surface area contributed by atoms with Crippen LogP contribution in [0.4, 0.5) is 5.82 Å². The second kappa shape index (κ2) is 5.49. The third kappa shape index (κ3) is 2.88. The van der Waals surface area contributed by atoms with Crippen molar-refractivity contribution in [1.29, 1.82) is 0 Å². The summed E-state index contributed by atoms with van der Waals surface area (Å²) in [6.45, 7) is 4.53. The van der Waals surface area contributed by atoms with Gasteiger partial charge in [-0.2, -0.15) is 5.10 Å². The highest BCUT2D eigenvalue weighted by molar-refractivity contribution is 5.93. The van der Waals surface area contributed by atoms with Crippen molar-refractivity contribution in [2.24, 2.45) is 5.73 Å². The van der Waals surface area contributed by atoms with Crippen LogP contribution in [0.3, 0.4) is 0 Å². The van der Waals surface area contributed by atoms with Crippen molar-refractivity contribution < 1.29 is 9.53 Å². The van der Waals surface area contributed by atoms with E-state index in [2.05, 4.69) is 10.4 Å². The molecular formula is C12H20N4O2. The number of nitrogens with one attached hydrogen (secondary N) is 1. The van der Waals surface area contributed by atoms with Crippen molar-refractivity contribution in [3.63, 3.8) is 0 Å². The van der Waals surface area contributed by atoms with Crippen LogP contribution in [0.1, 0.15) is 32.7 Å². The minimum absolute atomic E-state index is 0.00831. The number of carbonyl (C=O) groups is 1. The molecule has 0 aliphatic carbocycles. The van der Waals surface area contributed by atoms with Gasteiger partial charge < -0.3 is 15.8 Å². The average Bonchev–Trinajstić information content (AvgIpc) is 2.96. The molecule has 0 radical (unpaired) electrons. The molecule has 18 heavy (non-hydrogen) atoms. The van der Waals surface area contributed by atoms with Crippen LogP contribution in [0.15, 0.2) is 12.3 Å². The molecule has 0 bridgehead atoms. The largest absolute Gasteiger partial charge is 0.364 e. The van der Waals surface area contributed by atoms with E-state index in [0.29, 0.717) is 12.4 Å². The van der Waals surface area contributed by atoms with Gasteiger partial charge in [-0.15, -0.1) is 0 Å². The van der Waals surface area contributed by atoms with Crippen LogP contribution in [0.2, 0.25) is 0 Å². The highest BCUT2D eigenvalue weighted by atomic mass is 16.5. The molecule has 2 atom stereocenters. The molecular weight excluding hydrogens is 232 g/mol. The Bertz CT molecular complexity index is 416. The Morgan fingerprint density at radius 3 is 3.00 bits per heavy atom. The molecule has 1 aromatic heterocycles. The molecule has 6 nitrogen and oxygen atoms in total. The number of nitrogens with two attached hydrogens (primary N) is 1. The van der Waals surface area contributed by atoms with Gasteiger partial charge in [0.25, 0.3) is 5.91 Å².